The molecule has 0 fully saturated rings. The molecular formula is C54H40. The molecule has 0 aromatic heterocycles. The summed E-state index contributed by atoms with van der Waals surface area (Å²) in [5.41, 5.74) is 18.5. The Labute approximate surface area is 317 Å². The van der Waals surface area contributed by atoms with Crippen molar-refractivity contribution in [3.63, 3.8) is 0 Å². The molecule has 0 atom stereocenters. The summed E-state index contributed by atoms with van der Waals surface area (Å²) in [6.07, 6.45) is 0. The highest BCUT2D eigenvalue weighted by atomic mass is 14.4. The number of fused-ring (bicyclic) bond motifs is 9. The number of hydrogen-bond donors (Lipinski definition) is 0. The molecule has 2 aliphatic rings. The van der Waals surface area contributed by atoms with Gasteiger partial charge in [-0.3, -0.25) is 0 Å². The molecular weight excluding hydrogens is 649 g/mol. The summed E-state index contributed by atoms with van der Waals surface area (Å²) in [5, 5.41) is 7.65. The van der Waals surface area contributed by atoms with E-state index in [9.17, 15) is 0 Å². The average molecular weight is 689 g/mol. The largest absolute Gasteiger partial charge is 0.0619 e. The first kappa shape index (κ1) is 31.3. The summed E-state index contributed by atoms with van der Waals surface area (Å²) in [6.45, 7) is 9.51. The van der Waals surface area contributed by atoms with Gasteiger partial charge in [-0.2, -0.15) is 0 Å². The number of hydrogen-bond acceptors (Lipinski definition) is 0. The highest BCUT2D eigenvalue weighted by Crippen LogP contribution is 2.55. The van der Waals surface area contributed by atoms with Gasteiger partial charge in [-0.05, 0) is 128 Å². The van der Waals surface area contributed by atoms with E-state index in [2.05, 4.69) is 198 Å². The predicted molar refractivity (Wildman–Crippen MR) is 230 cm³/mol. The first-order chi connectivity index (χ1) is 26.3. The molecule has 0 N–H and O–H groups in total. The molecule has 256 valence electrons. The molecule has 9 aromatic rings. The molecule has 0 radical (unpaired) electrons. The standard InChI is InChI=1S/C54H40/c1-53(2)47-22-12-10-19-43(47)52-44(20-13-23-48(52)53)51-41-18-8-7-17-40(41)50(37-25-24-33-14-5-6-15-34(33)30-37)42-29-27-35(31-45(42)51)36-26-28-39-38-16-9-11-21-46(38)54(3,4)49(39)32-36/h5-32H,1-4H3. The van der Waals surface area contributed by atoms with Crippen molar-refractivity contribution in [2.24, 2.45) is 0 Å². The molecule has 0 saturated carbocycles. The molecule has 2 aliphatic carbocycles. The Kier molecular flexibility index (Phi) is 6.46. The van der Waals surface area contributed by atoms with E-state index in [1.54, 1.807) is 0 Å². The first-order valence-corrected chi connectivity index (χ1v) is 19.3. The van der Waals surface area contributed by atoms with Crippen LogP contribution in [-0.4, -0.2) is 0 Å². The topological polar surface area (TPSA) is 0 Å². The van der Waals surface area contributed by atoms with Crippen molar-refractivity contribution < 1.29 is 0 Å². The summed E-state index contributed by atoms with van der Waals surface area (Å²) in [4.78, 5) is 0. The van der Waals surface area contributed by atoms with Gasteiger partial charge in [0, 0.05) is 10.8 Å². The Balaban J connectivity index is 1.24. The van der Waals surface area contributed by atoms with Gasteiger partial charge in [0.15, 0.2) is 0 Å². The second-order valence-corrected chi connectivity index (χ2v) is 16.4. The summed E-state index contributed by atoms with van der Waals surface area (Å²) in [5.74, 6) is 0. The summed E-state index contributed by atoms with van der Waals surface area (Å²) < 4.78 is 0. The fourth-order valence-corrected chi connectivity index (χ4v) is 10.2. The van der Waals surface area contributed by atoms with Crippen LogP contribution in [0.15, 0.2) is 170 Å². The fourth-order valence-electron chi connectivity index (χ4n) is 10.2. The minimum absolute atomic E-state index is 0.0613. The zero-order valence-corrected chi connectivity index (χ0v) is 31.2. The smallest absolute Gasteiger partial charge is 0.0159 e. The third-order valence-electron chi connectivity index (χ3n) is 12.9. The lowest BCUT2D eigenvalue weighted by Gasteiger charge is -2.23. The monoisotopic (exact) mass is 688 g/mol. The van der Waals surface area contributed by atoms with Gasteiger partial charge < -0.3 is 0 Å². The lowest BCUT2D eigenvalue weighted by atomic mass is 9.80. The van der Waals surface area contributed by atoms with Gasteiger partial charge in [0.2, 0.25) is 0 Å². The maximum atomic E-state index is 2.49. The molecule has 0 aliphatic heterocycles. The molecule has 9 aromatic carbocycles. The Hall–Kier alpha value is -6.24. The van der Waals surface area contributed by atoms with Gasteiger partial charge in [0.25, 0.3) is 0 Å². The van der Waals surface area contributed by atoms with E-state index in [1.165, 1.54) is 110 Å². The lowest BCUT2D eigenvalue weighted by molar-refractivity contribution is 0.660. The quantitative estimate of drug-likeness (QED) is 0.162. The van der Waals surface area contributed by atoms with Crippen molar-refractivity contribution in [3.05, 3.63) is 192 Å². The highest BCUT2D eigenvalue weighted by molar-refractivity contribution is 6.23. The van der Waals surface area contributed by atoms with Gasteiger partial charge in [-0.1, -0.05) is 179 Å². The van der Waals surface area contributed by atoms with Crippen LogP contribution in [0.25, 0.3) is 88.0 Å². The van der Waals surface area contributed by atoms with E-state index >= 15 is 0 Å². The zero-order valence-electron chi connectivity index (χ0n) is 31.2. The van der Waals surface area contributed by atoms with Crippen LogP contribution in [-0.2, 0) is 10.8 Å². The van der Waals surface area contributed by atoms with Gasteiger partial charge in [-0.15, -0.1) is 0 Å². The second-order valence-electron chi connectivity index (χ2n) is 16.4. The Morgan fingerprint density at radius 1 is 0.278 bits per heavy atom. The minimum atomic E-state index is -0.0848. The average Bonchev–Trinajstić information content (AvgIpc) is 3.59. The molecule has 0 heteroatoms. The van der Waals surface area contributed by atoms with E-state index in [0.29, 0.717) is 0 Å². The van der Waals surface area contributed by atoms with E-state index in [0.717, 1.165) is 0 Å². The molecule has 0 spiro atoms. The van der Waals surface area contributed by atoms with Gasteiger partial charge in [0.05, 0.1) is 0 Å². The van der Waals surface area contributed by atoms with Gasteiger partial charge in [0.1, 0.15) is 0 Å². The second kappa shape index (κ2) is 11.1. The summed E-state index contributed by atoms with van der Waals surface area (Å²) in [7, 11) is 0. The molecule has 11 rings (SSSR count). The fraction of sp³-hybridized carbons (Fsp3) is 0.111. The molecule has 54 heavy (non-hydrogen) atoms. The van der Waals surface area contributed by atoms with Crippen molar-refractivity contribution in [2.45, 2.75) is 38.5 Å². The van der Waals surface area contributed by atoms with Crippen LogP contribution in [0.2, 0.25) is 0 Å². The first-order valence-electron chi connectivity index (χ1n) is 19.3. The molecule has 0 amide bonds. The number of rotatable bonds is 3. The van der Waals surface area contributed by atoms with E-state index < -0.39 is 0 Å². The zero-order chi connectivity index (χ0) is 36.3. The third kappa shape index (κ3) is 4.26. The third-order valence-corrected chi connectivity index (χ3v) is 12.9. The summed E-state index contributed by atoms with van der Waals surface area (Å²) in [6, 6.07) is 64.1. The van der Waals surface area contributed by atoms with Crippen LogP contribution in [0, 0.1) is 0 Å². The minimum Gasteiger partial charge on any atom is -0.0619 e. The lowest BCUT2D eigenvalue weighted by Crippen LogP contribution is -2.14. The van der Waals surface area contributed by atoms with Crippen molar-refractivity contribution >= 4 is 32.3 Å². The Morgan fingerprint density at radius 3 is 1.63 bits per heavy atom. The van der Waals surface area contributed by atoms with E-state index in [-0.39, 0.29) is 10.8 Å². The molecule has 0 saturated heterocycles. The highest BCUT2D eigenvalue weighted by Gasteiger charge is 2.38. The van der Waals surface area contributed by atoms with Crippen LogP contribution in [0.4, 0.5) is 0 Å². The SMILES string of the molecule is CC1(C)c2ccccc2-c2ccc(-c3ccc4c(-c5ccc6ccccc6c5)c5ccccc5c(-c5cccc6c5-c5ccccc5C6(C)C)c4c3)cc21. The van der Waals surface area contributed by atoms with Crippen LogP contribution in [0.1, 0.15) is 49.9 Å². The predicted octanol–water partition coefficient (Wildman–Crippen LogP) is 14.8. The molecule has 0 unspecified atom stereocenters. The van der Waals surface area contributed by atoms with Crippen molar-refractivity contribution in [1.82, 2.24) is 0 Å². The van der Waals surface area contributed by atoms with Crippen LogP contribution in [0.3, 0.4) is 0 Å². The van der Waals surface area contributed by atoms with Crippen LogP contribution >= 0.6 is 0 Å². The van der Waals surface area contributed by atoms with Crippen LogP contribution in [0.5, 0.6) is 0 Å². The van der Waals surface area contributed by atoms with Gasteiger partial charge in [-0.25, -0.2) is 0 Å². The van der Waals surface area contributed by atoms with Crippen molar-refractivity contribution in [3.8, 4) is 55.6 Å². The normalized spacial score (nSPS) is 14.6. The van der Waals surface area contributed by atoms with Gasteiger partial charge >= 0.3 is 0 Å². The maximum absolute atomic E-state index is 2.49. The van der Waals surface area contributed by atoms with Crippen molar-refractivity contribution in [2.75, 3.05) is 0 Å². The van der Waals surface area contributed by atoms with Crippen LogP contribution < -0.4 is 0 Å². The van der Waals surface area contributed by atoms with E-state index in [4.69, 9.17) is 0 Å². The summed E-state index contributed by atoms with van der Waals surface area (Å²) >= 11 is 0. The molecule has 0 bridgehead atoms. The maximum Gasteiger partial charge on any atom is 0.0159 e. The Morgan fingerprint density at radius 2 is 0.815 bits per heavy atom. The van der Waals surface area contributed by atoms with Crippen molar-refractivity contribution in [1.29, 1.82) is 0 Å². The Bertz CT molecular complexity index is 3040. The molecule has 0 nitrogen and oxygen atoms in total. The molecule has 0 heterocycles. The van der Waals surface area contributed by atoms with E-state index in [1.807, 2.05) is 0 Å². The number of benzene rings is 9.